The highest BCUT2D eigenvalue weighted by molar-refractivity contribution is 7.93. The molecule has 4 aromatic rings. The molecule has 0 fully saturated rings. The van der Waals surface area contributed by atoms with Crippen LogP contribution in [0.2, 0.25) is 0 Å². The predicted octanol–water partition coefficient (Wildman–Crippen LogP) is 3.90. The molecule has 9 heteroatoms. The Balaban J connectivity index is 1.96. The number of anilines is 1. The Morgan fingerprint density at radius 2 is 1.90 bits per heavy atom. The first-order chi connectivity index (χ1) is 14.3. The number of fused-ring (bicyclic) bond motifs is 1. The zero-order chi connectivity index (χ0) is 21.5. The average Bonchev–Trinajstić information content (AvgIpc) is 3.09. The lowest BCUT2D eigenvalue weighted by molar-refractivity contribution is 0.100. The summed E-state index contributed by atoms with van der Waals surface area (Å²) in [5, 5.41) is 0. The maximum Gasteiger partial charge on any atom is 0.396 e. The van der Waals surface area contributed by atoms with Crippen molar-refractivity contribution in [2.24, 2.45) is 0 Å². The number of aryl methyl sites for hydroxylation is 2. The molecule has 0 atom stereocenters. The van der Waals surface area contributed by atoms with Crippen molar-refractivity contribution >= 4 is 43.2 Å². The van der Waals surface area contributed by atoms with Crippen molar-refractivity contribution in [2.45, 2.75) is 18.7 Å². The van der Waals surface area contributed by atoms with Crippen molar-refractivity contribution < 1.29 is 17.6 Å². The van der Waals surface area contributed by atoms with Gasteiger partial charge in [-0.3, -0.25) is 9.78 Å². The Labute approximate surface area is 176 Å². The van der Waals surface area contributed by atoms with E-state index in [9.17, 15) is 18.0 Å². The minimum Gasteiger partial charge on any atom is -0.414 e. The highest BCUT2D eigenvalue weighted by atomic mass is 32.2. The van der Waals surface area contributed by atoms with Crippen LogP contribution in [0.4, 0.5) is 5.69 Å². The fraction of sp³-hybridized carbons (Fsp3) is 0.0952. The summed E-state index contributed by atoms with van der Waals surface area (Å²) in [6.45, 7) is 3.45. The Morgan fingerprint density at radius 1 is 1.10 bits per heavy atom. The van der Waals surface area contributed by atoms with Crippen LogP contribution < -0.4 is 9.24 Å². The van der Waals surface area contributed by atoms with Gasteiger partial charge in [-0.25, -0.2) is 13.2 Å². The van der Waals surface area contributed by atoms with Crippen LogP contribution in [0.25, 0.3) is 10.3 Å². The second-order valence-corrected chi connectivity index (χ2v) is 9.40. The fourth-order valence-corrected chi connectivity index (χ4v) is 5.47. The van der Waals surface area contributed by atoms with Gasteiger partial charge >= 0.3 is 4.94 Å². The quantitative estimate of drug-likeness (QED) is 0.477. The zero-order valence-electron chi connectivity index (χ0n) is 16.0. The number of sulfonamides is 1. The molecule has 2 aromatic carbocycles. The molecule has 30 heavy (non-hydrogen) atoms. The summed E-state index contributed by atoms with van der Waals surface area (Å²) in [6, 6.07) is 12.5. The van der Waals surface area contributed by atoms with Gasteiger partial charge in [0.2, 0.25) is 0 Å². The number of nitrogens with zero attached hydrogens (tertiary/aromatic N) is 2. The number of pyridine rings is 1. The van der Waals surface area contributed by atoms with E-state index in [2.05, 4.69) is 4.98 Å². The van der Waals surface area contributed by atoms with Gasteiger partial charge in [-0.15, -0.1) is 0 Å². The van der Waals surface area contributed by atoms with Crippen molar-refractivity contribution in [1.29, 1.82) is 0 Å². The van der Waals surface area contributed by atoms with Gasteiger partial charge in [0, 0.05) is 12.4 Å². The minimum atomic E-state index is -4.26. The second kappa shape index (κ2) is 7.51. The highest BCUT2D eigenvalue weighted by Gasteiger charge is 2.33. The first kappa shape index (κ1) is 20.0. The van der Waals surface area contributed by atoms with E-state index in [0.29, 0.717) is 15.8 Å². The molecular weight excluding hydrogens is 424 g/mol. The lowest BCUT2D eigenvalue weighted by Gasteiger charge is -2.23. The third-order valence-corrected chi connectivity index (χ3v) is 7.15. The molecule has 0 spiro atoms. The summed E-state index contributed by atoms with van der Waals surface area (Å²) < 4.78 is 33.6. The molecule has 152 valence electrons. The predicted molar refractivity (Wildman–Crippen MR) is 115 cm³/mol. The first-order valence-electron chi connectivity index (χ1n) is 8.88. The van der Waals surface area contributed by atoms with Crippen LogP contribution in [0, 0.1) is 13.8 Å². The molecule has 7 nitrogen and oxygen atoms in total. The largest absolute Gasteiger partial charge is 0.414 e. The van der Waals surface area contributed by atoms with E-state index in [0.717, 1.165) is 21.2 Å². The van der Waals surface area contributed by atoms with Gasteiger partial charge in [0.1, 0.15) is 5.58 Å². The molecule has 2 aromatic heterocycles. The number of carbonyl (C=O) groups excluding carboxylic acids is 1. The normalized spacial score (nSPS) is 11.5. The van der Waals surface area contributed by atoms with Crippen LogP contribution in [0.5, 0.6) is 0 Å². The minimum absolute atomic E-state index is 0.0280. The van der Waals surface area contributed by atoms with Crippen molar-refractivity contribution in [2.75, 3.05) is 4.31 Å². The molecule has 0 radical (unpaired) electrons. The number of amides is 1. The molecule has 1 amide bonds. The van der Waals surface area contributed by atoms with E-state index >= 15 is 0 Å². The Morgan fingerprint density at radius 3 is 2.63 bits per heavy atom. The van der Waals surface area contributed by atoms with E-state index in [1.54, 1.807) is 32.0 Å². The lowest BCUT2D eigenvalue weighted by atomic mass is 10.2. The highest BCUT2D eigenvalue weighted by Crippen LogP contribution is 2.31. The molecule has 4 rings (SSSR count). The standard InChI is InChI=1S/C21H16N2O5S2/c1-13-5-6-14(2)19(10-13)30(26,27)23(20(24)15-4-3-9-22-12-15)16-7-8-17-18(11-16)29-21(25)28-17/h3-12H,1-2H3. The van der Waals surface area contributed by atoms with Crippen LogP contribution in [-0.4, -0.2) is 19.3 Å². The smallest absolute Gasteiger partial charge is 0.396 e. The molecule has 0 unspecified atom stereocenters. The van der Waals surface area contributed by atoms with E-state index < -0.39 is 20.9 Å². The van der Waals surface area contributed by atoms with Crippen LogP contribution >= 0.6 is 11.3 Å². The van der Waals surface area contributed by atoms with Gasteiger partial charge in [-0.2, -0.15) is 4.31 Å². The summed E-state index contributed by atoms with van der Waals surface area (Å²) >= 11 is 0.836. The van der Waals surface area contributed by atoms with Crippen molar-refractivity contribution in [3.8, 4) is 0 Å². The number of aromatic nitrogens is 1. The van der Waals surface area contributed by atoms with Crippen LogP contribution in [-0.2, 0) is 10.0 Å². The monoisotopic (exact) mass is 440 g/mol. The van der Waals surface area contributed by atoms with E-state index in [-0.39, 0.29) is 16.1 Å². The number of benzene rings is 2. The molecule has 0 aliphatic carbocycles. The van der Waals surface area contributed by atoms with Gasteiger partial charge in [0.15, 0.2) is 0 Å². The number of hydrogen-bond acceptors (Lipinski definition) is 7. The SMILES string of the molecule is Cc1ccc(C)c(S(=O)(=O)N(C(=O)c2cccnc2)c2ccc3oc(=O)sc3c2)c1. The topological polar surface area (TPSA) is 97.6 Å². The van der Waals surface area contributed by atoms with Crippen molar-refractivity contribution in [3.05, 3.63) is 87.3 Å². The first-order valence-corrected chi connectivity index (χ1v) is 11.1. The molecule has 2 heterocycles. The molecule has 0 saturated carbocycles. The Bertz CT molecular complexity index is 1420. The number of hydrogen-bond donors (Lipinski definition) is 0. The lowest BCUT2D eigenvalue weighted by Crippen LogP contribution is -2.37. The van der Waals surface area contributed by atoms with Crippen LogP contribution in [0.1, 0.15) is 21.5 Å². The summed E-state index contributed by atoms with van der Waals surface area (Å²) in [5.41, 5.74) is 1.81. The van der Waals surface area contributed by atoms with Gasteiger partial charge in [0.25, 0.3) is 15.9 Å². The zero-order valence-corrected chi connectivity index (χ0v) is 17.7. The third-order valence-electron chi connectivity index (χ3n) is 4.50. The third kappa shape index (κ3) is 3.53. The Hall–Kier alpha value is -3.30. The summed E-state index contributed by atoms with van der Waals surface area (Å²) in [4.78, 5) is 28.3. The van der Waals surface area contributed by atoms with E-state index in [1.807, 2.05) is 0 Å². The molecule has 0 aliphatic rings. The van der Waals surface area contributed by atoms with Gasteiger partial charge in [-0.1, -0.05) is 23.5 Å². The molecule has 0 bridgehead atoms. The molecular formula is C21H16N2O5S2. The van der Waals surface area contributed by atoms with Crippen molar-refractivity contribution in [1.82, 2.24) is 4.98 Å². The van der Waals surface area contributed by atoms with Crippen LogP contribution in [0.15, 0.2) is 75.0 Å². The van der Waals surface area contributed by atoms with Gasteiger partial charge < -0.3 is 4.42 Å². The van der Waals surface area contributed by atoms with E-state index in [4.69, 9.17) is 4.42 Å². The van der Waals surface area contributed by atoms with Gasteiger partial charge in [-0.05, 0) is 61.4 Å². The molecule has 0 saturated heterocycles. The average molecular weight is 441 g/mol. The fourth-order valence-electron chi connectivity index (χ4n) is 3.04. The van der Waals surface area contributed by atoms with Crippen molar-refractivity contribution in [3.63, 3.8) is 0 Å². The maximum absolute atomic E-state index is 13.7. The van der Waals surface area contributed by atoms with E-state index in [1.165, 1.54) is 42.7 Å². The second-order valence-electron chi connectivity index (χ2n) is 6.67. The van der Waals surface area contributed by atoms with Crippen LogP contribution in [0.3, 0.4) is 0 Å². The summed E-state index contributed by atoms with van der Waals surface area (Å²) in [6.07, 6.45) is 2.80. The molecule has 0 aliphatic heterocycles. The Kier molecular flexibility index (Phi) is 5.00. The summed E-state index contributed by atoms with van der Waals surface area (Å²) in [7, 11) is -4.26. The van der Waals surface area contributed by atoms with Gasteiger partial charge in [0.05, 0.1) is 20.8 Å². The molecule has 0 N–H and O–H groups in total. The number of carbonyl (C=O) groups is 1. The maximum atomic E-state index is 13.7. The number of rotatable bonds is 4. The summed E-state index contributed by atoms with van der Waals surface area (Å²) in [5.74, 6) is -0.751.